The number of alkyl halides is 3. The van der Waals surface area contributed by atoms with Crippen LogP contribution in [-0.4, -0.2) is 33.8 Å². The fourth-order valence-corrected chi connectivity index (χ4v) is 1.27. The lowest BCUT2D eigenvalue weighted by atomic mass is 10.1. The molecule has 1 aromatic heterocycles. The Morgan fingerprint density at radius 1 is 1.42 bits per heavy atom. The van der Waals surface area contributed by atoms with Crippen LogP contribution >= 0.6 is 0 Å². The van der Waals surface area contributed by atoms with Crippen LogP contribution < -0.4 is 4.74 Å². The maximum absolute atomic E-state index is 12.0. The molecule has 0 saturated carbocycles. The Hall–Kier alpha value is -1.86. The second-order valence-electron chi connectivity index (χ2n) is 4.31. The molecule has 0 saturated heterocycles. The highest BCUT2D eigenvalue weighted by atomic mass is 19.4. The lowest BCUT2D eigenvalue weighted by Gasteiger charge is -2.10. The number of carboxylic acids is 1. The van der Waals surface area contributed by atoms with Crippen LogP contribution in [-0.2, 0) is 6.42 Å². The van der Waals surface area contributed by atoms with Gasteiger partial charge in [-0.1, -0.05) is 13.8 Å². The van der Waals surface area contributed by atoms with Gasteiger partial charge in [-0.15, -0.1) is 0 Å². The van der Waals surface area contributed by atoms with Crippen molar-refractivity contribution in [2.45, 2.75) is 26.4 Å². The lowest BCUT2D eigenvalue weighted by Crippen LogP contribution is -2.20. The Morgan fingerprint density at radius 3 is 2.53 bits per heavy atom. The largest absolute Gasteiger partial charge is 0.477 e. The quantitative estimate of drug-likeness (QED) is 0.894. The summed E-state index contributed by atoms with van der Waals surface area (Å²) >= 11 is 0. The second-order valence-corrected chi connectivity index (χ2v) is 4.31. The van der Waals surface area contributed by atoms with Crippen molar-refractivity contribution in [1.29, 1.82) is 0 Å². The van der Waals surface area contributed by atoms with Gasteiger partial charge < -0.3 is 9.84 Å². The van der Waals surface area contributed by atoms with E-state index in [2.05, 4.69) is 14.7 Å². The van der Waals surface area contributed by atoms with Crippen LogP contribution in [0.3, 0.4) is 0 Å². The van der Waals surface area contributed by atoms with Gasteiger partial charge in [0, 0.05) is 12.5 Å². The van der Waals surface area contributed by atoms with E-state index in [1.165, 1.54) is 0 Å². The highest BCUT2D eigenvalue weighted by molar-refractivity contribution is 5.85. The average molecular weight is 278 g/mol. The molecule has 1 aromatic rings. The fraction of sp³-hybridized carbons (Fsp3) is 0.545. The Bertz CT molecular complexity index is 461. The van der Waals surface area contributed by atoms with E-state index in [-0.39, 0.29) is 23.3 Å². The topological polar surface area (TPSA) is 72.3 Å². The number of carboxylic acid groups (broad SMARTS) is 1. The van der Waals surface area contributed by atoms with Crippen molar-refractivity contribution in [1.82, 2.24) is 9.97 Å². The fourth-order valence-electron chi connectivity index (χ4n) is 1.27. The first-order valence-corrected chi connectivity index (χ1v) is 5.48. The van der Waals surface area contributed by atoms with Gasteiger partial charge >= 0.3 is 12.1 Å². The summed E-state index contributed by atoms with van der Waals surface area (Å²) in [6, 6.07) is 0.873. The van der Waals surface area contributed by atoms with Crippen LogP contribution in [0.4, 0.5) is 13.2 Å². The molecule has 5 nitrogen and oxygen atoms in total. The molecule has 1 heterocycles. The number of carbonyl (C=O) groups is 1. The average Bonchev–Trinajstić information content (AvgIpc) is 2.24. The van der Waals surface area contributed by atoms with Crippen molar-refractivity contribution < 1.29 is 27.8 Å². The molecular formula is C11H13F3N2O3. The van der Waals surface area contributed by atoms with Crippen LogP contribution in [0, 0.1) is 5.92 Å². The first kappa shape index (κ1) is 15.2. The molecule has 1 rings (SSSR count). The number of aromatic carboxylic acids is 1. The second kappa shape index (κ2) is 5.85. The van der Waals surface area contributed by atoms with E-state index in [1.54, 1.807) is 0 Å². The van der Waals surface area contributed by atoms with E-state index in [9.17, 15) is 18.0 Å². The third-order valence-corrected chi connectivity index (χ3v) is 1.94. The minimum absolute atomic E-state index is 0.138. The number of aromatic nitrogens is 2. The zero-order valence-electron chi connectivity index (χ0n) is 10.4. The molecule has 0 fully saturated rings. The summed E-state index contributed by atoms with van der Waals surface area (Å²) in [6.45, 7) is 2.18. The molecule has 0 aromatic carbocycles. The first-order chi connectivity index (χ1) is 8.67. The summed E-state index contributed by atoms with van der Waals surface area (Å²) in [4.78, 5) is 18.3. The van der Waals surface area contributed by atoms with Gasteiger partial charge in [0.1, 0.15) is 5.82 Å². The van der Waals surface area contributed by atoms with Crippen molar-refractivity contribution >= 4 is 5.97 Å². The van der Waals surface area contributed by atoms with Crippen molar-refractivity contribution in [3.05, 3.63) is 17.6 Å². The van der Waals surface area contributed by atoms with Gasteiger partial charge in [0.2, 0.25) is 5.88 Å². The summed E-state index contributed by atoms with van der Waals surface area (Å²) in [5.41, 5.74) is -0.386. The Kier molecular flexibility index (Phi) is 4.68. The number of nitrogens with zero attached hydrogens (tertiary/aromatic N) is 2. The SMILES string of the molecule is CC(C)Cc1nc(OCC(F)(F)F)cc(C(=O)O)n1. The van der Waals surface area contributed by atoms with Crippen LogP contribution in [0.25, 0.3) is 0 Å². The maximum Gasteiger partial charge on any atom is 0.422 e. The molecule has 1 N–H and O–H groups in total. The van der Waals surface area contributed by atoms with Crippen LogP contribution in [0.2, 0.25) is 0 Å². The Balaban J connectivity index is 2.96. The molecule has 8 heteroatoms. The summed E-state index contributed by atoms with van der Waals surface area (Å²) < 4.78 is 40.5. The minimum Gasteiger partial charge on any atom is -0.477 e. The summed E-state index contributed by atoms with van der Waals surface area (Å²) in [5.74, 6) is -1.45. The van der Waals surface area contributed by atoms with Crippen molar-refractivity contribution in [3.63, 3.8) is 0 Å². The van der Waals surface area contributed by atoms with Crippen LogP contribution in [0.15, 0.2) is 6.07 Å². The summed E-state index contributed by atoms with van der Waals surface area (Å²) in [5, 5.41) is 8.83. The molecule has 106 valence electrons. The zero-order valence-corrected chi connectivity index (χ0v) is 10.4. The molecule has 0 unspecified atom stereocenters. The van der Waals surface area contributed by atoms with E-state index in [0.717, 1.165) is 6.07 Å². The van der Waals surface area contributed by atoms with E-state index in [4.69, 9.17) is 5.11 Å². The molecule has 0 aliphatic carbocycles. The molecule has 0 aliphatic heterocycles. The van der Waals surface area contributed by atoms with E-state index >= 15 is 0 Å². The normalized spacial score (nSPS) is 11.7. The highest BCUT2D eigenvalue weighted by Crippen LogP contribution is 2.18. The zero-order chi connectivity index (χ0) is 14.6. The Morgan fingerprint density at radius 2 is 2.05 bits per heavy atom. The predicted molar refractivity (Wildman–Crippen MR) is 59.1 cm³/mol. The molecule has 0 spiro atoms. The molecular weight excluding hydrogens is 265 g/mol. The highest BCUT2D eigenvalue weighted by Gasteiger charge is 2.29. The summed E-state index contributed by atoms with van der Waals surface area (Å²) in [7, 11) is 0. The van der Waals surface area contributed by atoms with Gasteiger partial charge in [-0.3, -0.25) is 0 Å². The standard InChI is InChI=1S/C11H13F3N2O3/c1-6(2)3-8-15-7(10(17)18)4-9(16-8)19-5-11(12,13)14/h4,6H,3,5H2,1-2H3,(H,17,18). The maximum atomic E-state index is 12.0. The van der Waals surface area contributed by atoms with E-state index in [0.29, 0.717) is 6.42 Å². The molecule has 0 radical (unpaired) electrons. The van der Waals surface area contributed by atoms with Gasteiger partial charge in [-0.2, -0.15) is 18.2 Å². The van der Waals surface area contributed by atoms with E-state index < -0.39 is 18.8 Å². The van der Waals surface area contributed by atoms with Gasteiger partial charge in [-0.25, -0.2) is 9.78 Å². The van der Waals surface area contributed by atoms with Crippen LogP contribution in [0.1, 0.15) is 30.2 Å². The monoisotopic (exact) mass is 278 g/mol. The van der Waals surface area contributed by atoms with Crippen molar-refractivity contribution in [2.75, 3.05) is 6.61 Å². The molecule has 19 heavy (non-hydrogen) atoms. The van der Waals surface area contributed by atoms with Gasteiger partial charge in [0.15, 0.2) is 12.3 Å². The molecule has 0 atom stereocenters. The van der Waals surface area contributed by atoms with Crippen molar-refractivity contribution in [3.8, 4) is 5.88 Å². The summed E-state index contributed by atoms with van der Waals surface area (Å²) in [6.07, 6.45) is -4.16. The predicted octanol–water partition coefficient (Wildman–Crippen LogP) is 2.31. The van der Waals surface area contributed by atoms with Crippen molar-refractivity contribution in [2.24, 2.45) is 5.92 Å². The Labute approximate surface area is 107 Å². The van der Waals surface area contributed by atoms with Crippen LogP contribution in [0.5, 0.6) is 5.88 Å². The molecule has 0 aliphatic rings. The minimum atomic E-state index is -4.51. The number of hydrogen-bond acceptors (Lipinski definition) is 4. The smallest absolute Gasteiger partial charge is 0.422 e. The number of hydrogen-bond donors (Lipinski definition) is 1. The first-order valence-electron chi connectivity index (χ1n) is 5.48. The van der Waals surface area contributed by atoms with E-state index in [1.807, 2.05) is 13.8 Å². The third kappa shape index (κ3) is 5.54. The molecule has 0 amide bonds. The number of halogens is 3. The third-order valence-electron chi connectivity index (χ3n) is 1.94. The number of rotatable bonds is 5. The lowest BCUT2D eigenvalue weighted by molar-refractivity contribution is -0.154. The van der Waals surface area contributed by atoms with Gasteiger partial charge in [-0.05, 0) is 5.92 Å². The van der Waals surface area contributed by atoms with Gasteiger partial charge in [0.05, 0.1) is 0 Å². The number of ether oxygens (including phenoxy) is 1. The van der Waals surface area contributed by atoms with Gasteiger partial charge in [0.25, 0.3) is 0 Å². The molecule has 0 bridgehead atoms.